The summed E-state index contributed by atoms with van der Waals surface area (Å²) in [5, 5.41) is 0. The van der Waals surface area contributed by atoms with Crippen LogP contribution < -0.4 is 0 Å². The van der Waals surface area contributed by atoms with Gasteiger partial charge in [0.1, 0.15) is 12.4 Å². The Kier molecular flexibility index (Phi) is 5.74. The molecular weight excluding hydrogens is 312 g/mol. The number of para-hydroxylation sites is 2. The van der Waals surface area contributed by atoms with Crippen molar-refractivity contribution in [1.29, 1.82) is 0 Å². The minimum absolute atomic E-state index is 0.226. The number of hydrogen-bond acceptors (Lipinski definition) is 3. The zero-order chi connectivity index (χ0) is 17.8. The number of imidazole rings is 1. The molecule has 1 aliphatic heterocycles. The Balaban J connectivity index is 1.62. The Bertz CT molecular complexity index is 714. The van der Waals surface area contributed by atoms with Gasteiger partial charge in [0.15, 0.2) is 0 Å². The summed E-state index contributed by atoms with van der Waals surface area (Å²) in [4.78, 5) is 21.8. The molecule has 0 radical (unpaired) electrons. The van der Waals surface area contributed by atoms with Crippen LogP contribution in [-0.4, -0.2) is 59.0 Å². The Hall–Kier alpha value is -1.88. The molecule has 0 unspecified atom stereocenters. The highest BCUT2D eigenvalue weighted by Gasteiger charge is 2.23. The van der Waals surface area contributed by atoms with Crippen molar-refractivity contribution in [3.05, 3.63) is 30.1 Å². The summed E-state index contributed by atoms with van der Waals surface area (Å²) in [6, 6.07) is 8.09. The summed E-state index contributed by atoms with van der Waals surface area (Å²) in [6.07, 6.45) is 4.34. The molecule has 3 rings (SSSR count). The summed E-state index contributed by atoms with van der Waals surface area (Å²) in [5.74, 6) is 1.98. The van der Waals surface area contributed by atoms with Crippen LogP contribution in [0.2, 0.25) is 0 Å². The van der Waals surface area contributed by atoms with Gasteiger partial charge in [0.05, 0.1) is 11.0 Å². The summed E-state index contributed by atoms with van der Waals surface area (Å²) in [7, 11) is 4.25. The molecule has 5 nitrogen and oxygen atoms in total. The molecule has 1 aromatic carbocycles. The number of rotatable bonds is 6. The van der Waals surface area contributed by atoms with Crippen LogP contribution in [0.1, 0.15) is 32.0 Å². The number of aryl methyl sites for hydroxylation is 1. The van der Waals surface area contributed by atoms with Gasteiger partial charge in [0.2, 0.25) is 5.91 Å². The van der Waals surface area contributed by atoms with E-state index in [1.807, 2.05) is 23.1 Å². The lowest BCUT2D eigenvalue weighted by molar-refractivity contribution is -0.133. The van der Waals surface area contributed by atoms with Crippen molar-refractivity contribution >= 4 is 16.9 Å². The number of hydrogen-bond donors (Lipinski definition) is 0. The molecule has 0 aliphatic carbocycles. The SMILES string of the molecule is CCc1nc2ccccc2n1CC(=O)N1CCC(CCN(C)C)CC1. The predicted octanol–water partition coefficient (Wildman–Crippen LogP) is 2.79. The molecule has 0 saturated carbocycles. The number of nitrogens with zero attached hydrogens (tertiary/aromatic N) is 4. The number of carbonyl (C=O) groups excluding carboxylic acids is 1. The average Bonchev–Trinajstić information content (AvgIpc) is 2.98. The maximum atomic E-state index is 12.8. The van der Waals surface area contributed by atoms with Gasteiger partial charge < -0.3 is 14.4 Å². The third-order valence-corrected chi connectivity index (χ3v) is 5.30. The van der Waals surface area contributed by atoms with Crippen LogP contribution >= 0.6 is 0 Å². The molecule has 0 N–H and O–H groups in total. The largest absolute Gasteiger partial charge is 0.341 e. The number of amides is 1. The summed E-state index contributed by atoms with van der Waals surface area (Å²) in [6.45, 7) is 5.43. The van der Waals surface area contributed by atoms with E-state index in [9.17, 15) is 4.79 Å². The lowest BCUT2D eigenvalue weighted by atomic mass is 9.93. The molecular formula is C20H30N4O. The van der Waals surface area contributed by atoms with E-state index in [-0.39, 0.29) is 5.91 Å². The van der Waals surface area contributed by atoms with Crippen molar-refractivity contribution in [2.75, 3.05) is 33.7 Å². The Morgan fingerprint density at radius 2 is 1.96 bits per heavy atom. The molecule has 1 aromatic heterocycles. The Morgan fingerprint density at radius 1 is 1.24 bits per heavy atom. The highest BCUT2D eigenvalue weighted by Crippen LogP contribution is 2.22. The van der Waals surface area contributed by atoms with Crippen molar-refractivity contribution in [3.8, 4) is 0 Å². The summed E-state index contributed by atoms with van der Waals surface area (Å²) < 4.78 is 2.09. The fraction of sp³-hybridized carbons (Fsp3) is 0.600. The second kappa shape index (κ2) is 8.00. The van der Waals surface area contributed by atoms with Crippen LogP contribution in [-0.2, 0) is 17.8 Å². The first-order chi connectivity index (χ1) is 12.1. The number of carbonyl (C=O) groups is 1. The van der Waals surface area contributed by atoms with Gasteiger partial charge in [-0.15, -0.1) is 0 Å². The number of likely N-dealkylation sites (tertiary alicyclic amines) is 1. The second-order valence-corrected chi connectivity index (χ2v) is 7.37. The van der Waals surface area contributed by atoms with Crippen LogP contribution in [0.5, 0.6) is 0 Å². The smallest absolute Gasteiger partial charge is 0.242 e. The quantitative estimate of drug-likeness (QED) is 0.810. The highest BCUT2D eigenvalue weighted by atomic mass is 16.2. The molecule has 0 atom stereocenters. The number of piperidine rings is 1. The molecule has 1 aliphatic rings. The van der Waals surface area contributed by atoms with Crippen LogP contribution in [0.15, 0.2) is 24.3 Å². The zero-order valence-electron chi connectivity index (χ0n) is 15.7. The van der Waals surface area contributed by atoms with Gasteiger partial charge in [-0.1, -0.05) is 19.1 Å². The van der Waals surface area contributed by atoms with Crippen LogP contribution in [0, 0.1) is 5.92 Å². The monoisotopic (exact) mass is 342 g/mol. The molecule has 2 heterocycles. The van der Waals surface area contributed by atoms with Crippen LogP contribution in [0.4, 0.5) is 0 Å². The van der Waals surface area contributed by atoms with Gasteiger partial charge in [0, 0.05) is 19.5 Å². The lowest BCUT2D eigenvalue weighted by Crippen LogP contribution is -2.40. The van der Waals surface area contributed by atoms with Crippen molar-refractivity contribution in [2.24, 2.45) is 5.92 Å². The summed E-state index contributed by atoms with van der Waals surface area (Å²) >= 11 is 0. The highest BCUT2D eigenvalue weighted by molar-refractivity contribution is 5.81. The Labute approximate surface area is 150 Å². The minimum atomic E-state index is 0.226. The van der Waals surface area contributed by atoms with Crippen molar-refractivity contribution < 1.29 is 4.79 Å². The molecule has 1 amide bonds. The topological polar surface area (TPSA) is 41.4 Å². The van der Waals surface area contributed by atoms with E-state index in [2.05, 4.69) is 41.5 Å². The van der Waals surface area contributed by atoms with Gasteiger partial charge in [-0.05, 0) is 58.0 Å². The van der Waals surface area contributed by atoms with E-state index in [1.165, 1.54) is 6.42 Å². The van der Waals surface area contributed by atoms with Gasteiger partial charge >= 0.3 is 0 Å². The van der Waals surface area contributed by atoms with Gasteiger partial charge in [-0.2, -0.15) is 0 Å². The average molecular weight is 342 g/mol. The third-order valence-electron chi connectivity index (χ3n) is 5.30. The summed E-state index contributed by atoms with van der Waals surface area (Å²) in [5.41, 5.74) is 2.04. The molecule has 136 valence electrons. The van der Waals surface area contributed by atoms with E-state index < -0.39 is 0 Å². The molecule has 0 bridgehead atoms. The maximum Gasteiger partial charge on any atom is 0.242 e. The normalized spacial score (nSPS) is 16.1. The molecule has 1 saturated heterocycles. The van der Waals surface area contributed by atoms with Crippen molar-refractivity contribution in [2.45, 2.75) is 39.2 Å². The van der Waals surface area contributed by atoms with Crippen molar-refractivity contribution in [3.63, 3.8) is 0 Å². The first kappa shape index (κ1) is 17.9. The molecule has 25 heavy (non-hydrogen) atoms. The number of fused-ring (bicyclic) bond motifs is 1. The minimum Gasteiger partial charge on any atom is -0.341 e. The van der Waals surface area contributed by atoms with E-state index in [0.717, 1.165) is 61.7 Å². The lowest BCUT2D eigenvalue weighted by Gasteiger charge is -2.32. The fourth-order valence-electron chi connectivity index (χ4n) is 3.72. The molecule has 5 heteroatoms. The second-order valence-electron chi connectivity index (χ2n) is 7.37. The van der Waals surface area contributed by atoms with E-state index in [1.54, 1.807) is 0 Å². The molecule has 1 fully saturated rings. The first-order valence-electron chi connectivity index (χ1n) is 9.45. The van der Waals surface area contributed by atoms with Crippen LogP contribution in [0.25, 0.3) is 11.0 Å². The van der Waals surface area contributed by atoms with Gasteiger partial charge in [-0.25, -0.2) is 4.98 Å². The number of aromatic nitrogens is 2. The molecule has 2 aromatic rings. The zero-order valence-corrected chi connectivity index (χ0v) is 15.7. The predicted molar refractivity (Wildman–Crippen MR) is 102 cm³/mol. The van der Waals surface area contributed by atoms with E-state index in [0.29, 0.717) is 6.54 Å². The standard InChI is InChI=1S/C20H30N4O/c1-4-19-21-17-7-5-6-8-18(17)24(19)15-20(25)23-13-10-16(11-14-23)9-12-22(2)3/h5-8,16H,4,9-15H2,1-3H3. The maximum absolute atomic E-state index is 12.8. The van der Waals surface area contributed by atoms with Gasteiger partial charge in [-0.3, -0.25) is 4.79 Å². The Morgan fingerprint density at radius 3 is 2.64 bits per heavy atom. The number of benzene rings is 1. The first-order valence-corrected chi connectivity index (χ1v) is 9.45. The van der Waals surface area contributed by atoms with E-state index in [4.69, 9.17) is 0 Å². The third kappa shape index (κ3) is 4.21. The molecule has 0 spiro atoms. The van der Waals surface area contributed by atoms with Gasteiger partial charge in [0.25, 0.3) is 0 Å². The fourth-order valence-corrected chi connectivity index (χ4v) is 3.72. The van der Waals surface area contributed by atoms with Crippen molar-refractivity contribution in [1.82, 2.24) is 19.4 Å². The van der Waals surface area contributed by atoms with E-state index >= 15 is 0 Å². The van der Waals surface area contributed by atoms with Crippen LogP contribution in [0.3, 0.4) is 0 Å².